The number of fused-ring (bicyclic) bond motifs is 2. The van der Waals surface area contributed by atoms with Crippen molar-refractivity contribution in [1.82, 2.24) is 20.1 Å². The molecule has 1 N–H and O–H groups in total. The Hall–Kier alpha value is -3.08. The van der Waals surface area contributed by atoms with Gasteiger partial charge in [0.2, 0.25) is 5.89 Å². The minimum Gasteiger partial charge on any atom is -0.349 e. The summed E-state index contributed by atoms with van der Waals surface area (Å²) in [5.41, 5.74) is 0.939. The predicted molar refractivity (Wildman–Crippen MR) is 125 cm³/mol. The van der Waals surface area contributed by atoms with Crippen molar-refractivity contribution in [3.8, 4) is 0 Å². The lowest BCUT2D eigenvalue weighted by molar-refractivity contribution is 0.327. The number of hydrogen-bond acceptors (Lipinski definition) is 9. The van der Waals surface area contributed by atoms with Gasteiger partial charge in [-0.25, -0.2) is 22.8 Å². The molecule has 3 atom stereocenters. The summed E-state index contributed by atoms with van der Waals surface area (Å²) in [6.45, 7) is 5.98. The van der Waals surface area contributed by atoms with Crippen molar-refractivity contribution in [1.29, 1.82) is 0 Å². The molecule has 1 aromatic carbocycles. The van der Waals surface area contributed by atoms with Crippen LogP contribution in [0.5, 0.6) is 0 Å². The van der Waals surface area contributed by atoms with Gasteiger partial charge in [0.05, 0.1) is 16.5 Å². The second-order valence-corrected chi connectivity index (χ2v) is 11.4. The van der Waals surface area contributed by atoms with Crippen molar-refractivity contribution in [2.75, 3.05) is 16.5 Å². The number of rotatable bonds is 6. The lowest BCUT2D eigenvalue weighted by atomic mass is 9.89. The van der Waals surface area contributed by atoms with E-state index in [1.54, 1.807) is 0 Å². The number of benzene rings is 1. The second kappa shape index (κ2) is 8.30. The molecule has 0 radical (unpaired) electrons. The molecule has 2 aromatic heterocycles. The van der Waals surface area contributed by atoms with E-state index in [-0.39, 0.29) is 28.5 Å². The maximum absolute atomic E-state index is 14.6. The Labute approximate surface area is 197 Å². The SMILES string of the molecule is Cc1c(Nc2ccc(S(C)(=O)=O)cc2F)ncnc1N1C2CCC1C(c1nc(C(C)C)no1)C2. The molecular weight excluding hydrogens is 459 g/mol. The van der Waals surface area contributed by atoms with Crippen LogP contribution in [0.2, 0.25) is 0 Å². The van der Waals surface area contributed by atoms with Crippen LogP contribution in [0, 0.1) is 12.7 Å². The molecule has 9 nitrogen and oxygen atoms in total. The second-order valence-electron chi connectivity index (χ2n) is 9.40. The number of nitrogens with one attached hydrogen (secondary N) is 1. The average molecular weight is 487 g/mol. The van der Waals surface area contributed by atoms with Crippen molar-refractivity contribution < 1.29 is 17.3 Å². The van der Waals surface area contributed by atoms with E-state index in [9.17, 15) is 12.8 Å². The van der Waals surface area contributed by atoms with Crippen LogP contribution in [0.4, 0.5) is 21.7 Å². The molecule has 2 aliphatic rings. The van der Waals surface area contributed by atoms with Gasteiger partial charge in [0, 0.05) is 29.8 Å². The van der Waals surface area contributed by atoms with Gasteiger partial charge in [-0.1, -0.05) is 19.0 Å². The first-order chi connectivity index (χ1) is 16.1. The minimum atomic E-state index is -3.50. The summed E-state index contributed by atoms with van der Waals surface area (Å²) in [5, 5.41) is 7.14. The van der Waals surface area contributed by atoms with Gasteiger partial charge < -0.3 is 14.7 Å². The van der Waals surface area contributed by atoms with Crippen LogP contribution in [0.3, 0.4) is 0 Å². The largest absolute Gasteiger partial charge is 0.349 e. The number of halogens is 1. The smallest absolute Gasteiger partial charge is 0.231 e. The van der Waals surface area contributed by atoms with Crippen LogP contribution < -0.4 is 10.2 Å². The molecule has 34 heavy (non-hydrogen) atoms. The van der Waals surface area contributed by atoms with E-state index in [1.165, 1.54) is 18.5 Å². The maximum atomic E-state index is 14.6. The van der Waals surface area contributed by atoms with E-state index < -0.39 is 15.7 Å². The van der Waals surface area contributed by atoms with E-state index in [4.69, 9.17) is 4.52 Å². The molecule has 0 aliphatic carbocycles. The molecular formula is C23H27FN6O3S. The third-order valence-corrected chi connectivity index (χ3v) is 7.86. The number of hydrogen-bond donors (Lipinski definition) is 1. The minimum absolute atomic E-state index is 0.0722. The number of nitrogens with zero attached hydrogens (tertiary/aromatic N) is 5. The van der Waals surface area contributed by atoms with Gasteiger partial charge in [0.25, 0.3) is 0 Å². The predicted octanol–water partition coefficient (Wildman–Crippen LogP) is 4.10. The van der Waals surface area contributed by atoms with Crippen molar-refractivity contribution >= 4 is 27.2 Å². The highest BCUT2D eigenvalue weighted by Gasteiger charge is 2.50. The maximum Gasteiger partial charge on any atom is 0.231 e. The van der Waals surface area contributed by atoms with E-state index in [2.05, 4.69) is 30.3 Å². The van der Waals surface area contributed by atoms with E-state index in [0.717, 1.165) is 48.8 Å². The zero-order valence-corrected chi connectivity index (χ0v) is 20.3. The Morgan fingerprint density at radius 1 is 1.24 bits per heavy atom. The molecule has 0 spiro atoms. The van der Waals surface area contributed by atoms with Gasteiger partial charge >= 0.3 is 0 Å². The Bertz CT molecular complexity index is 1340. The highest BCUT2D eigenvalue weighted by atomic mass is 32.2. The third-order valence-electron chi connectivity index (χ3n) is 6.75. The quantitative estimate of drug-likeness (QED) is 0.550. The van der Waals surface area contributed by atoms with Gasteiger partial charge in [0.15, 0.2) is 15.7 Å². The van der Waals surface area contributed by atoms with E-state index in [1.807, 2.05) is 20.8 Å². The van der Waals surface area contributed by atoms with Gasteiger partial charge in [-0.05, 0) is 44.4 Å². The van der Waals surface area contributed by atoms with E-state index in [0.29, 0.717) is 17.8 Å². The zero-order valence-electron chi connectivity index (χ0n) is 19.5. The Balaban J connectivity index is 1.42. The molecule has 0 amide bonds. The first-order valence-electron chi connectivity index (χ1n) is 11.3. The van der Waals surface area contributed by atoms with Crippen molar-refractivity contribution in [3.63, 3.8) is 0 Å². The normalized spacial score (nSPS) is 22.1. The lowest BCUT2D eigenvalue weighted by Gasteiger charge is -2.26. The summed E-state index contributed by atoms with van der Waals surface area (Å²) in [4.78, 5) is 15.8. The first kappa shape index (κ1) is 22.7. The molecule has 5 rings (SSSR count). The van der Waals surface area contributed by atoms with Crippen LogP contribution in [0.25, 0.3) is 0 Å². The monoisotopic (exact) mass is 486 g/mol. The van der Waals surface area contributed by atoms with Crippen molar-refractivity contribution in [2.24, 2.45) is 0 Å². The van der Waals surface area contributed by atoms with Crippen molar-refractivity contribution in [2.45, 2.75) is 68.8 Å². The summed E-state index contributed by atoms with van der Waals surface area (Å²) in [6.07, 6.45) is 5.48. The van der Waals surface area contributed by atoms with Crippen LogP contribution in [0.15, 0.2) is 33.9 Å². The third kappa shape index (κ3) is 3.91. The molecule has 180 valence electrons. The Kier molecular flexibility index (Phi) is 5.54. The number of anilines is 3. The van der Waals surface area contributed by atoms with Crippen LogP contribution in [-0.2, 0) is 9.84 Å². The summed E-state index contributed by atoms with van der Waals surface area (Å²) in [5.74, 6) is 2.35. The van der Waals surface area contributed by atoms with Gasteiger partial charge in [-0.15, -0.1) is 0 Å². The molecule has 3 aromatic rings. The molecule has 0 saturated carbocycles. The zero-order chi connectivity index (χ0) is 24.2. The fourth-order valence-corrected chi connectivity index (χ4v) is 5.63. The van der Waals surface area contributed by atoms with E-state index >= 15 is 0 Å². The molecule has 2 saturated heterocycles. The molecule has 3 unspecified atom stereocenters. The summed E-state index contributed by atoms with van der Waals surface area (Å²) in [6, 6.07) is 4.29. The molecule has 2 fully saturated rings. The van der Waals surface area contributed by atoms with Crippen LogP contribution >= 0.6 is 0 Å². The van der Waals surface area contributed by atoms with Gasteiger partial charge in [-0.3, -0.25) is 0 Å². The van der Waals surface area contributed by atoms with Gasteiger partial charge in [0.1, 0.15) is 23.8 Å². The topological polar surface area (TPSA) is 114 Å². The van der Waals surface area contributed by atoms with Crippen molar-refractivity contribution in [3.05, 3.63) is 47.6 Å². The molecule has 2 aliphatic heterocycles. The highest BCUT2D eigenvalue weighted by molar-refractivity contribution is 7.90. The Morgan fingerprint density at radius 2 is 2.03 bits per heavy atom. The lowest BCUT2D eigenvalue weighted by Crippen LogP contribution is -2.31. The fourth-order valence-electron chi connectivity index (χ4n) is 5.00. The summed E-state index contributed by atoms with van der Waals surface area (Å²) in [7, 11) is -3.50. The average Bonchev–Trinajstić information content (AvgIpc) is 3.50. The first-order valence-corrected chi connectivity index (χ1v) is 13.2. The molecule has 2 bridgehead atoms. The summed E-state index contributed by atoms with van der Waals surface area (Å²) >= 11 is 0. The number of aromatic nitrogens is 4. The molecule has 11 heteroatoms. The summed E-state index contributed by atoms with van der Waals surface area (Å²) < 4.78 is 43.6. The number of sulfone groups is 1. The van der Waals surface area contributed by atoms with Crippen LogP contribution in [-0.4, -0.2) is 46.9 Å². The van der Waals surface area contributed by atoms with Gasteiger partial charge in [-0.2, -0.15) is 4.98 Å². The highest BCUT2D eigenvalue weighted by Crippen LogP contribution is 2.49. The van der Waals surface area contributed by atoms with Crippen LogP contribution in [0.1, 0.15) is 62.2 Å². The Morgan fingerprint density at radius 3 is 2.71 bits per heavy atom. The molecule has 4 heterocycles. The standard InChI is InChI=1S/C23H27FN6O3S/c1-12(2)20-28-23(33-29-20)16-9-14-5-8-19(16)30(14)22-13(3)21(25-11-26-22)27-18-7-6-15(10-17(18)24)34(4,31)32/h6-7,10-12,14,16,19H,5,8-9H2,1-4H3,(H,25,26,27). The fraction of sp³-hybridized carbons (Fsp3) is 0.478.